The number of nitrogens with zero attached hydrogens (tertiary/aromatic N) is 4. The first-order valence-electron chi connectivity index (χ1n) is 7.37. The molecule has 1 aliphatic heterocycles. The van der Waals surface area contributed by atoms with Crippen LogP contribution in [-0.4, -0.2) is 38.1 Å². The molecule has 0 saturated carbocycles. The molecule has 5 heteroatoms. The molecule has 1 saturated heterocycles. The van der Waals surface area contributed by atoms with Gasteiger partial charge in [-0.05, 0) is 25.3 Å². The third kappa shape index (κ3) is 4.18. The number of hydrogen-bond donors (Lipinski definition) is 0. The summed E-state index contributed by atoms with van der Waals surface area (Å²) in [6, 6.07) is 0.494. The zero-order valence-corrected chi connectivity index (χ0v) is 12.8. The first-order chi connectivity index (χ1) is 9.20. The first-order valence-corrected chi connectivity index (χ1v) is 7.91. The van der Waals surface area contributed by atoms with E-state index in [-0.39, 0.29) is 0 Å². The van der Waals surface area contributed by atoms with E-state index in [1.165, 1.54) is 25.7 Å². The Morgan fingerprint density at radius 3 is 2.95 bits per heavy atom. The number of hydrogen-bond acceptors (Lipinski definition) is 3. The van der Waals surface area contributed by atoms with Gasteiger partial charge in [0.05, 0.1) is 6.54 Å². The van der Waals surface area contributed by atoms with Gasteiger partial charge in [-0.3, -0.25) is 4.90 Å². The lowest BCUT2D eigenvalue weighted by molar-refractivity contribution is 0.197. The predicted molar refractivity (Wildman–Crippen MR) is 78.2 cm³/mol. The maximum atomic E-state index is 6.13. The molecule has 1 unspecified atom stereocenters. The molecule has 108 valence electrons. The van der Waals surface area contributed by atoms with E-state index in [4.69, 9.17) is 11.6 Å². The van der Waals surface area contributed by atoms with Gasteiger partial charge in [0.1, 0.15) is 12.2 Å². The van der Waals surface area contributed by atoms with Crippen LogP contribution in [0.2, 0.25) is 0 Å². The molecule has 2 rings (SSSR count). The quantitative estimate of drug-likeness (QED) is 0.780. The second kappa shape index (κ2) is 7.25. The van der Waals surface area contributed by atoms with Crippen LogP contribution < -0.4 is 0 Å². The maximum Gasteiger partial charge on any atom is 0.141 e. The number of alkyl halides is 1. The van der Waals surface area contributed by atoms with E-state index in [2.05, 4.69) is 28.8 Å². The molecule has 0 amide bonds. The summed E-state index contributed by atoms with van der Waals surface area (Å²) in [5.74, 6) is 2.39. The van der Waals surface area contributed by atoms with Gasteiger partial charge in [-0.1, -0.05) is 26.7 Å². The van der Waals surface area contributed by atoms with Crippen LogP contribution in [0.15, 0.2) is 6.33 Å². The molecular formula is C14H25ClN4. The van der Waals surface area contributed by atoms with Crippen molar-refractivity contribution in [2.75, 3.05) is 12.4 Å². The van der Waals surface area contributed by atoms with E-state index in [1.54, 1.807) is 6.33 Å². The molecular weight excluding hydrogens is 260 g/mol. The molecule has 0 bridgehead atoms. The molecule has 1 aromatic rings. The zero-order valence-electron chi connectivity index (χ0n) is 12.1. The smallest absolute Gasteiger partial charge is 0.141 e. The molecule has 0 N–H and O–H groups in total. The minimum Gasteiger partial charge on any atom is -0.292 e. The van der Waals surface area contributed by atoms with Crippen LogP contribution in [-0.2, 0) is 13.1 Å². The molecule has 1 aromatic heterocycles. The SMILES string of the molecule is CC(C)Cn1ncnc1CN1CCCCCC1CCl. The van der Waals surface area contributed by atoms with Crippen LogP contribution in [0.5, 0.6) is 0 Å². The lowest BCUT2D eigenvalue weighted by atomic mass is 10.1. The third-order valence-electron chi connectivity index (χ3n) is 3.76. The molecule has 19 heavy (non-hydrogen) atoms. The molecule has 1 aliphatic rings. The number of aromatic nitrogens is 3. The van der Waals surface area contributed by atoms with E-state index in [9.17, 15) is 0 Å². The Hall–Kier alpha value is -0.610. The molecule has 0 radical (unpaired) electrons. The van der Waals surface area contributed by atoms with Crippen molar-refractivity contribution in [2.45, 2.75) is 58.7 Å². The molecule has 0 spiro atoms. The standard InChI is InChI=1S/C14H25ClN4/c1-12(2)9-19-14(16-11-17-19)10-18-7-5-3-4-6-13(18)8-15/h11-13H,3-10H2,1-2H3. The van der Waals surface area contributed by atoms with Gasteiger partial charge in [-0.15, -0.1) is 11.6 Å². The van der Waals surface area contributed by atoms with Gasteiger partial charge in [0.15, 0.2) is 0 Å². The van der Waals surface area contributed by atoms with Crippen molar-refractivity contribution < 1.29 is 0 Å². The minimum atomic E-state index is 0.494. The van der Waals surface area contributed by atoms with Crippen molar-refractivity contribution >= 4 is 11.6 Å². The second-order valence-corrected chi connectivity index (χ2v) is 6.19. The molecule has 1 atom stereocenters. The van der Waals surface area contributed by atoms with Crippen molar-refractivity contribution in [2.24, 2.45) is 5.92 Å². The Labute approximate surface area is 121 Å². The van der Waals surface area contributed by atoms with Crippen LogP contribution in [0.4, 0.5) is 0 Å². The van der Waals surface area contributed by atoms with Gasteiger partial charge in [0.2, 0.25) is 0 Å². The van der Waals surface area contributed by atoms with Crippen molar-refractivity contribution in [3.8, 4) is 0 Å². The van der Waals surface area contributed by atoms with Gasteiger partial charge in [0, 0.05) is 18.5 Å². The fraction of sp³-hybridized carbons (Fsp3) is 0.857. The van der Waals surface area contributed by atoms with Gasteiger partial charge in [0.25, 0.3) is 0 Å². The minimum absolute atomic E-state index is 0.494. The van der Waals surface area contributed by atoms with E-state index in [1.807, 2.05) is 4.68 Å². The van der Waals surface area contributed by atoms with Gasteiger partial charge in [-0.25, -0.2) is 9.67 Å². The summed E-state index contributed by atoms with van der Waals surface area (Å²) in [7, 11) is 0. The highest BCUT2D eigenvalue weighted by atomic mass is 35.5. The highest BCUT2D eigenvalue weighted by molar-refractivity contribution is 6.18. The lowest BCUT2D eigenvalue weighted by Gasteiger charge is -2.28. The van der Waals surface area contributed by atoms with Crippen molar-refractivity contribution in [3.05, 3.63) is 12.2 Å². The third-order valence-corrected chi connectivity index (χ3v) is 4.11. The summed E-state index contributed by atoms with van der Waals surface area (Å²) in [5.41, 5.74) is 0. The average molecular weight is 285 g/mol. The Balaban J connectivity index is 2.03. The zero-order chi connectivity index (χ0) is 13.7. The topological polar surface area (TPSA) is 34.0 Å². The Morgan fingerprint density at radius 1 is 1.37 bits per heavy atom. The predicted octanol–water partition coefficient (Wildman–Crippen LogP) is 2.92. The Bertz CT molecular complexity index is 377. The second-order valence-electron chi connectivity index (χ2n) is 5.88. The average Bonchev–Trinajstić information content (AvgIpc) is 2.67. The van der Waals surface area contributed by atoms with Crippen molar-refractivity contribution in [1.82, 2.24) is 19.7 Å². The molecule has 4 nitrogen and oxygen atoms in total. The normalized spacial score (nSPS) is 21.8. The van der Waals surface area contributed by atoms with Gasteiger partial charge < -0.3 is 0 Å². The number of rotatable bonds is 5. The lowest BCUT2D eigenvalue weighted by Crippen LogP contribution is -2.36. The van der Waals surface area contributed by atoms with E-state index in [0.717, 1.165) is 31.3 Å². The van der Waals surface area contributed by atoms with Crippen LogP contribution >= 0.6 is 11.6 Å². The summed E-state index contributed by atoms with van der Waals surface area (Å²) < 4.78 is 2.04. The highest BCUT2D eigenvalue weighted by Gasteiger charge is 2.22. The fourth-order valence-corrected chi connectivity index (χ4v) is 3.06. The molecule has 1 fully saturated rings. The summed E-state index contributed by atoms with van der Waals surface area (Å²) in [4.78, 5) is 6.92. The monoisotopic (exact) mass is 284 g/mol. The Morgan fingerprint density at radius 2 is 2.21 bits per heavy atom. The van der Waals surface area contributed by atoms with Gasteiger partial charge in [-0.2, -0.15) is 5.10 Å². The molecule has 0 aliphatic carbocycles. The number of likely N-dealkylation sites (tertiary alicyclic amines) is 1. The highest BCUT2D eigenvalue weighted by Crippen LogP contribution is 2.19. The van der Waals surface area contributed by atoms with E-state index < -0.39 is 0 Å². The van der Waals surface area contributed by atoms with E-state index >= 15 is 0 Å². The van der Waals surface area contributed by atoms with Crippen LogP contribution in [0.3, 0.4) is 0 Å². The summed E-state index contributed by atoms with van der Waals surface area (Å²) in [6.07, 6.45) is 6.77. The fourth-order valence-electron chi connectivity index (χ4n) is 2.71. The number of halogens is 1. The van der Waals surface area contributed by atoms with E-state index in [0.29, 0.717) is 12.0 Å². The maximum absolute atomic E-state index is 6.13. The van der Waals surface area contributed by atoms with Crippen LogP contribution in [0.25, 0.3) is 0 Å². The molecule has 0 aromatic carbocycles. The van der Waals surface area contributed by atoms with Crippen LogP contribution in [0, 0.1) is 5.92 Å². The molecule has 2 heterocycles. The largest absolute Gasteiger partial charge is 0.292 e. The Kier molecular flexibility index (Phi) is 5.64. The van der Waals surface area contributed by atoms with Crippen molar-refractivity contribution in [3.63, 3.8) is 0 Å². The van der Waals surface area contributed by atoms with Gasteiger partial charge >= 0.3 is 0 Å². The summed E-state index contributed by atoms with van der Waals surface area (Å²) in [5, 5.41) is 4.34. The van der Waals surface area contributed by atoms with Crippen LogP contribution in [0.1, 0.15) is 45.4 Å². The summed E-state index contributed by atoms with van der Waals surface area (Å²) in [6.45, 7) is 7.36. The first kappa shape index (κ1) is 14.8. The van der Waals surface area contributed by atoms with Crippen molar-refractivity contribution in [1.29, 1.82) is 0 Å². The summed E-state index contributed by atoms with van der Waals surface area (Å²) >= 11 is 6.13.